The fourth-order valence-electron chi connectivity index (χ4n) is 0.741. The number of ether oxygens (including phenoxy) is 3. The normalized spacial score (nSPS) is 16.0. The molecule has 0 rings (SSSR count). The van der Waals surface area contributed by atoms with Crippen LogP contribution in [0.25, 0.3) is 0 Å². The average molecular weight is 159 g/mol. The Morgan fingerprint density at radius 3 is 1.82 bits per heavy atom. The lowest BCUT2D eigenvalue weighted by atomic mass is 10.1. The molecule has 11 heavy (non-hydrogen) atoms. The Hall–Kier alpha value is -0.630. The lowest BCUT2D eigenvalue weighted by Gasteiger charge is -2.27. The van der Waals surface area contributed by atoms with Gasteiger partial charge in [0, 0.05) is 21.3 Å². The van der Waals surface area contributed by atoms with Crippen molar-refractivity contribution in [3.63, 3.8) is 0 Å². The van der Waals surface area contributed by atoms with Crippen molar-refractivity contribution in [2.24, 2.45) is 0 Å². The van der Waals surface area contributed by atoms with E-state index in [-0.39, 0.29) is 0 Å². The molecule has 4 nitrogen and oxygen atoms in total. The van der Waals surface area contributed by atoms with Crippen molar-refractivity contribution in [1.82, 2.24) is 0 Å². The minimum Gasteiger partial charge on any atom is -0.359 e. The lowest BCUT2D eigenvalue weighted by molar-refractivity contribution is -0.196. The van der Waals surface area contributed by atoms with Crippen LogP contribution in [0.2, 0.25) is 0 Å². The minimum atomic E-state index is -1.04. The number of rotatable bonds is 4. The van der Waals surface area contributed by atoms with Crippen molar-refractivity contribution < 1.29 is 14.2 Å². The summed E-state index contributed by atoms with van der Waals surface area (Å²) in [5.41, 5.74) is -1.04. The summed E-state index contributed by atoms with van der Waals surface area (Å²) in [4.78, 5) is 0. The first kappa shape index (κ1) is 10.4. The van der Waals surface area contributed by atoms with Crippen LogP contribution in [0.3, 0.4) is 0 Å². The van der Waals surface area contributed by atoms with Gasteiger partial charge in [0.15, 0.2) is 6.29 Å². The molecule has 0 saturated carbocycles. The summed E-state index contributed by atoms with van der Waals surface area (Å²) in [5.74, 6) is 0. The van der Waals surface area contributed by atoms with Crippen molar-refractivity contribution in [1.29, 1.82) is 5.26 Å². The van der Waals surface area contributed by atoms with Crippen LogP contribution in [0.1, 0.15) is 6.92 Å². The molecule has 0 heterocycles. The van der Waals surface area contributed by atoms with E-state index in [1.165, 1.54) is 21.3 Å². The van der Waals surface area contributed by atoms with Gasteiger partial charge in [0.1, 0.15) is 6.07 Å². The van der Waals surface area contributed by atoms with E-state index in [1.807, 2.05) is 6.07 Å². The van der Waals surface area contributed by atoms with Crippen LogP contribution in [0, 0.1) is 11.3 Å². The molecule has 0 saturated heterocycles. The first-order chi connectivity index (χ1) is 5.14. The van der Waals surface area contributed by atoms with Crippen LogP contribution in [-0.2, 0) is 14.2 Å². The van der Waals surface area contributed by atoms with E-state index in [0.717, 1.165) is 0 Å². The molecule has 0 bridgehead atoms. The van der Waals surface area contributed by atoms with Gasteiger partial charge in [0.2, 0.25) is 5.60 Å². The summed E-state index contributed by atoms with van der Waals surface area (Å²) in [5, 5.41) is 8.68. The zero-order valence-electron chi connectivity index (χ0n) is 7.25. The molecule has 0 aliphatic rings. The quantitative estimate of drug-likeness (QED) is 0.561. The molecule has 0 aliphatic heterocycles. The Morgan fingerprint density at radius 1 is 1.27 bits per heavy atom. The van der Waals surface area contributed by atoms with Gasteiger partial charge in [-0.2, -0.15) is 5.26 Å². The highest BCUT2D eigenvalue weighted by molar-refractivity contribution is 5.00. The van der Waals surface area contributed by atoms with E-state index < -0.39 is 11.9 Å². The lowest BCUT2D eigenvalue weighted by Crippen LogP contribution is -2.42. The zero-order valence-corrected chi connectivity index (χ0v) is 7.25. The third-order valence-corrected chi connectivity index (χ3v) is 1.52. The van der Waals surface area contributed by atoms with Crippen LogP contribution in [0.4, 0.5) is 0 Å². The standard InChI is InChI=1S/C7H13NO3/c1-7(5-8,11-4)6(9-2)10-3/h6H,1-4H3. The van der Waals surface area contributed by atoms with E-state index in [0.29, 0.717) is 0 Å². The second-order valence-corrected chi connectivity index (χ2v) is 2.23. The van der Waals surface area contributed by atoms with Crippen LogP contribution in [-0.4, -0.2) is 33.2 Å². The monoisotopic (exact) mass is 159 g/mol. The molecule has 0 N–H and O–H groups in total. The zero-order chi connectivity index (χ0) is 8.91. The number of nitrogens with zero attached hydrogens (tertiary/aromatic N) is 1. The SMILES string of the molecule is COC(OC)C(C)(C#N)OC. The van der Waals surface area contributed by atoms with Gasteiger partial charge in [-0.05, 0) is 6.92 Å². The van der Waals surface area contributed by atoms with Gasteiger partial charge < -0.3 is 14.2 Å². The van der Waals surface area contributed by atoms with Gasteiger partial charge in [-0.1, -0.05) is 0 Å². The van der Waals surface area contributed by atoms with E-state index in [4.69, 9.17) is 19.5 Å². The molecule has 0 aliphatic carbocycles. The van der Waals surface area contributed by atoms with Crippen LogP contribution in [0.5, 0.6) is 0 Å². The Balaban J connectivity index is 4.35. The highest BCUT2D eigenvalue weighted by atomic mass is 16.7. The molecule has 4 heteroatoms. The Labute approximate surface area is 66.7 Å². The smallest absolute Gasteiger partial charge is 0.201 e. The summed E-state index contributed by atoms with van der Waals surface area (Å²) in [6.45, 7) is 1.60. The molecular formula is C7H13NO3. The van der Waals surface area contributed by atoms with E-state index >= 15 is 0 Å². The summed E-state index contributed by atoms with van der Waals surface area (Å²) in [7, 11) is 4.36. The number of methoxy groups -OCH3 is 3. The van der Waals surface area contributed by atoms with Crippen LogP contribution >= 0.6 is 0 Å². The molecule has 1 unspecified atom stereocenters. The van der Waals surface area contributed by atoms with Crippen molar-refractivity contribution in [3.05, 3.63) is 0 Å². The number of nitriles is 1. The van der Waals surface area contributed by atoms with Gasteiger partial charge in [-0.25, -0.2) is 0 Å². The second-order valence-electron chi connectivity index (χ2n) is 2.23. The molecule has 64 valence electrons. The van der Waals surface area contributed by atoms with Gasteiger partial charge in [-0.15, -0.1) is 0 Å². The second kappa shape index (κ2) is 4.29. The van der Waals surface area contributed by atoms with Crippen LogP contribution in [0.15, 0.2) is 0 Å². The first-order valence-electron chi connectivity index (χ1n) is 3.16. The topological polar surface area (TPSA) is 51.5 Å². The molecule has 0 fully saturated rings. The molecular weight excluding hydrogens is 146 g/mol. The summed E-state index contributed by atoms with van der Waals surface area (Å²) in [6.07, 6.45) is -0.655. The highest BCUT2D eigenvalue weighted by Gasteiger charge is 2.34. The first-order valence-corrected chi connectivity index (χ1v) is 3.16. The van der Waals surface area contributed by atoms with Crippen molar-refractivity contribution in [2.75, 3.05) is 21.3 Å². The third kappa shape index (κ3) is 2.15. The van der Waals surface area contributed by atoms with Crippen LogP contribution < -0.4 is 0 Å². The van der Waals surface area contributed by atoms with Crippen molar-refractivity contribution in [3.8, 4) is 6.07 Å². The molecule has 0 radical (unpaired) electrons. The van der Waals surface area contributed by atoms with Gasteiger partial charge in [0.05, 0.1) is 0 Å². The van der Waals surface area contributed by atoms with E-state index in [1.54, 1.807) is 6.92 Å². The molecule has 0 amide bonds. The molecule has 0 aromatic heterocycles. The van der Waals surface area contributed by atoms with Crippen molar-refractivity contribution in [2.45, 2.75) is 18.8 Å². The molecule has 0 aromatic carbocycles. The molecule has 1 atom stereocenters. The average Bonchev–Trinajstić information content (AvgIpc) is 2.06. The van der Waals surface area contributed by atoms with Gasteiger partial charge in [-0.3, -0.25) is 0 Å². The highest BCUT2D eigenvalue weighted by Crippen LogP contribution is 2.16. The predicted molar refractivity (Wildman–Crippen MR) is 38.8 cm³/mol. The summed E-state index contributed by atoms with van der Waals surface area (Å²) < 4.78 is 14.7. The van der Waals surface area contributed by atoms with E-state index in [2.05, 4.69) is 0 Å². The Bertz CT molecular complexity index is 150. The summed E-state index contributed by atoms with van der Waals surface area (Å²) >= 11 is 0. The fraction of sp³-hybridized carbons (Fsp3) is 0.857. The maximum Gasteiger partial charge on any atom is 0.201 e. The maximum absolute atomic E-state index is 8.68. The fourth-order valence-corrected chi connectivity index (χ4v) is 0.741. The molecule has 0 spiro atoms. The maximum atomic E-state index is 8.68. The van der Waals surface area contributed by atoms with E-state index in [9.17, 15) is 0 Å². The predicted octanol–water partition coefficient (Wildman–Crippen LogP) is 0.534. The largest absolute Gasteiger partial charge is 0.359 e. The van der Waals surface area contributed by atoms with Gasteiger partial charge >= 0.3 is 0 Å². The Morgan fingerprint density at radius 2 is 1.73 bits per heavy atom. The molecule has 0 aromatic rings. The number of hydrogen-bond donors (Lipinski definition) is 0. The Kier molecular flexibility index (Phi) is 4.04. The third-order valence-electron chi connectivity index (χ3n) is 1.52. The number of hydrogen-bond acceptors (Lipinski definition) is 4. The van der Waals surface area contributed by atoms with Crippen molar-refractivity contribution >= 4 is 0 Å². The minimum absolute atomic E-state index is 0.655. The summed E-state index contributed by atoms with van der Waals surface area (Å²) in [6, 6.07) is 1.96. The van der Waals surface area contributed by atoms with Gasteiger partial charge in [0.25, 0.3) is 0 Å².